The van der Waals surface area contributed by atoms with Crippen molar-refractivity contribution < 1.29 is 29.6 Å². The van der Waals surface area contributed by atoms with Crippen molar-refractivity contribution in [3.05, 3.63) is 0 Å². The number of rotatable bonds is 7. The van der Waals surface area contributed by atoms with Crippen LogP contribution in [0.25, 0.3) is 0 Å². The number of nitrogens with two attached hydrogens (primary N) is 1. The zero-order valence-electron chi connectivity index (χ0n) is 11.3. The summed E-state index contributed by atoms with van der Waals surface area (Å²) in [5, 5.41) is 24.9. The Labute approximate surface area is 108 Å². The molecule has 0 saturated heterocycles. The van der Waals surface area contributed by atoms with Crippen molar-refractivity contribution in [2.45, 2.75) is 32.4 Å². The second-order valence-corrected chi connectivity index (χ2v) is 4.33. The summed E-state index contributed by atoms with van der Waals surface area (Å²) >= 11 is 0. The van der Waals surface area contributed by atoms with Crippen LogP contribution in [0.2, 0.25) is 0 Å². The minimum absolute atomic E-state index is 0.0278. The highest BCUT2D eigenvalue weighted by Gasteiger charge is 2.16. The Morgan fingerprint density at radius 1 is 1.28 bits per heavy atom. The number of aliphatic hydroxyl groups excluding tert-OH is 3. The largest absolute Gasteiger partial charge is 0.462 e. The van der Waals surface area contributed by atoms with E-state index in [1.807, 2.05) is 0 Å². The molecule has 0 spiro atoms. The fourth-order valence-electron chi connectivity index (χ4n) is 0.609. The first kappa shape index (κ1) is 19.6. The second kappa shape index (κ2) is 11.4. The van der Waals surface area contributed by atoms with E-state index in [4.69, 9.17) is 21.1 Å². The van der Waals surface area contributed by atoms with Gasteiger partial charge in [-0.1, -0.05) is 0 Å². The molecular formula is C11H25NO6. The van der Waals surface area contributed by atoms with Crippen LogP contribution in [0.1, 0.15) is 20.8 Å². The SMILES string of the molecule is CC(O)C(=O)OCC(C)(C)N.OCCOCCO. The van der Waals surface area contributed by atoms with Crippen molar-refractivity contribution in [1.29, 1.82) is 0 Å². The van der Waals surface area contributed by atoms with Crippen LogP contribution in [0.3, 0.4) is 0 Å². The van der Waals surface area contributed by atoms with E-state index < -0.39 is 17.6 Å². The minimum atomic E-state index is -1.07. The first-order valence-corrected chi connectivity index (χ1v) is 5.67. The molecule has 0 bridgehead atoms. The smallest absolute Gasteiger partial charge is 0.334 e. The Bertz CT molecular complexity index is 198. The number of carbonyl (C=O) groups excluding carboxylic acids is 1. The van der Waals surface area contributed by atoms with E-state index in [0.29, 0.717) is 13.2 Å². The summed E-state index contributed by atoms with van der Waals surface area (Å²) < 4.78 is 9.29. The maximum Gasteiger partial charge on any atom is 0.334 e. The van der Waals surface area contributed by atoms with Gasteiger partial charge in [-0.3, -0.25) is 0 Å². The van der Waals surface area contributed by atoms with Gasteiger partial charge in [-0.05, 0) is 20.8 Å². The predicted octanol–water partition coefficient (Wildman–Crippen LogP) is -1.36. The third-order valence-corrected chi connectivity index (χ3v) is 1.40. The summed E-state index contributed by atoms with van der Waals surface area (Å²) in [7, 11) is 0. The Morgan fingerprint density at radius 2 is 1.72 bits per heavy atom. The number of esters is 1. The predicted molar refractivity (Wildman–Crippen MR) is 65.9 cm³/mol. The normalized spacial score (nSPS) is 12.4. The van der Waals surface area contributed by atoms with Gasteiger partial charge in [0, 0.05) is 5.54 Å². The van der Waals surface area contributed by atoms with E-state index in [9.17, 15) is 4.79 Å². The van der Waals surface area contributed by atoms with Gasteiger partial charge in [0.1, 0.15) is 12.7 Å². The summed E-state index contributed by atoms with van der Waals surface area (Å²) in [6.45, 7) is 5.65. The van der Waals surface area contributed by atoms with E-state index >= 15 is 0 Å². The molecule has 0 aromatic carbocycles. The van der Waals surface area contributed by atoms with Crippen molar-refractivity contribution in [2.24, 2.45) is 5.73 Å². The molecule has 0 aromatic rings. The molecule has 1 unspecified atom stereocenters. The molecule has 110 valence electrons. The lowest BCUT2D eigenvalue weighted by molar-refractivity contribution is -0.154. The first-order chi connectivity index (χ1) is 8.24. The standard InChI is InChI=1S/C7H15NO3.C4H10O3/c1-5(9)6(10)11-4-7(2,3)8;5-1-3-7-4-2-6/h5,9H,4,8H2,1-3H3;5-6H,1-4H2. The van der Waals surface area contributed by atoms with Crippen LogP contribution in [0.5, 0.6) is 0 Å². The molecule has 18 heavy (non-hydrogen) atoms. The Kier molecular flexibility index (Phi) is 12.4. The third-order valence-electron chi connectivity index (χ3n) is 1.40. The van der Waals surface area contributed by atoms with Crippen molar-refractivity contribution >= 4 is 5.97 Å². The molecule has 0 saturated carbocycles. The molecule has 0 heterocycles. The quantitative estimate of drug-likeness (QED) is 0.332. The highest BCUT2D eigenvalue weighted by Crippen LogP contribution is 1.98. The zero-order chi connectivity index (χ0) is 14.6. The number of aliphatic hydroxyl groups is 3. The molecule has 0 aliphatic carbocycles. The average molecular weight is 267 g/mol. The van der Waals surface area contributed by atoms with Crippen molar-refractivity contribution in [1.82, 2.24) is 0 Å². The fraction of sp³-hybridized carbons (Fsp3) is 0.909. The van der Waals surface area contributed by atoms with Crippen LogP contribution < -0.4 is 5.73 Å². The number of carbonyl (C=O) groups is 1. The van der Waals surface area contributed by atoms with E-state index in [1.54, 1.807) is 13.8 Å². The maximum absolute atomic E-state index is 10.7. The molecule has 1 atom stereocenters. The number of ether oxygens (including phenoxy) is 2. The van der Waals surface area contributed by atoms with Gasteiger partial charge in [-0.15, -0.1) is 0 Å². The molecule has 7 heteroatoms. The van der Waals surface area contributed by atoms with Gasteiger partial charge < -0.3 is 30.5 Å². The van der Waals surface area contributed by atoms with Gasteiger partial charge in [0.2, 0.25) is 0 Å². The van der Waals surface area contributed by atoms with Gasteiger partial charge >= 0.3 is 5.97 Å². The molecule has 0 amide bonds. The molecular weight excluding hydrogens is 242 g/mol. The van der Waals surface area contributed by atoms with Crippen molar-refractivity contribution in [3.63, 3.8) is 0 Å². The van der Waals surface area contributed by atoms with E-state index in [2.05, 4.69) is 9.47 Å². The summed E-state index contributed by atoms with van der Waals surface area (Å²) in [5.74, 6) is -0.636. The van der Waals surface area contributed by atoms with Crippen LogP contribution in [0.4, 0.5) is 0 Å². The third kappa shape index (κ3) is 17.7. The first-order valence-electron chi connectivity index (χ1n) is 5.67. The van der Waals surface area contributed by atoms with Crippen molar-refractivity contribution in [3.8, 4) is 0 Å². The van der Waals surface area contributed by atoms with Gasteiger partial charge in [0.05, 0.1) is 26.4 Å². The highest BCUT2D eigenvalue weighted by molar-refractivity contribution is 5.73. The van der Waals surface area contributed by atoms with Gasteiger partial charge in [-0.25, -0.2) is 4.79 Å². The summed E-state index contributed by atoms with van der Waals surface area (Å²) in [4.78, 5) is 10.7. The lowest BCUT2D eigenvalue weighted by Crippen LogP contribution is -2.39. The lowest BCUT2D eigenvalue weighted by atomic mass is 10.1. The molecule has 0 radical (unpaired) electrons. The van der Waals surface area contributed by atoms with Crippen LogP contribution >= 0.6 is 0 Å². The summed E-state index contributed by atoms with van der Waals surface area (Å²) in [6, 6.07) is 0. The van der Waals surface area contributed by atoms with Crippen LogP contribution in [-0.2, 0) is 14.3 Å². The molecule has 5 N–H and O–H groups in total. The maximum atomic E-state index is 10.7. The number of hydrogen-bond donors (Lipinski definition) is 4. The topological polar surface area (TPSA) is 122 Å². The Morgan fingerprint density at radius 3 is 2.00 bits per heavy atom. The minimum Gasteiger partial charge on any atom is -0.462 e. The van der Waals surface area contributed by atoms with E-state index in [0.717, 1.165) is 0 Å². The van der Waals surface area contributed by atoms with Gasteiger partial charge in [0.15, 0.2) is 0 Å². The summed E-state index contributed by atoms with van der Waals surface area (Å²) in [5.41, 5.74) is 4.99. The number of hydrogen-bond acceptors (Lipinski definition) is 7. The molecule has 0 aliphatic heterocycles. The zero-order valence-corrected chi connectivity index (χ0v) is 11.3. The van der Waals surface area contributed by atoms with Gasteiger partial charge in [-0.2, -0.15) is 0 Å². The second-order valence-electron chi connectivity index (χ2n) is 4.33. The molecule has 0 fully saturated rings. The van der Waals surface area contributed by atoms with Crippen molar-refractivity contribution in [2.75, 3.05) is 33.0 Å². The van der Waals surface area contributed by atoms with Crippen LogP contribution in [0, 0.1) is 0 Å². The molecule has 7 nitrogen and oxygen atoms in total. The lowest BCUT2D eigenvalue weighted by Gasteiger charge is -2.18. The van der Waals surface area contributed by atoms with Crippen LogP contribution in [-0.4, -0.2) is 66.0 Å². The Balaban J connectivity index is 0. The molecule has 0 rings (SSSR count). The fourth-order valence-corrected chi connectivity index (χ4v) is 0.609. The average Bonchev–Trinajstić information content (AvgIpc) is 2.26. The molecule has 0 aliphatic rings. The monoisotopic (exact) mass is 267 g/mol. The highest BCUT2D eigenvalue weighted by atomic mass is 16.5. The van der Waals surface area contributed by atoms with Crippen LogP contribution in [0.15, 0.2) is 0 Å². The Hall–Kier alpha value is -0.730. The van der Waals surface area contributed by atoms with Gasteiger partial charge in [0.25, 0.3) is 0 Å². The summed E-state index contributed by atoms with van der Waals surface area (Å²) in [6.07, 6.45) is -1.07. The van der Waals surface area contributed by atoms with E-state index in [1.165, 1.54) is 6.92 Å². The molecule has 0 aromatic heterocycles. The van der Waals surface area contributed by atoms with E-state index in [-0.39, 0.29) is 19.8 Å².